The SMILES string of the molecule is COc1nn([C@@H](C)C(=O)NN=C/C(C)=C\c2ccccc2)cc1[N+](=O)[O-]. The molecule has 0 radical (unpaired) electrons. The summed E-state index contributed by atoms with van der Waals surface area (Å²) < 4.78 is 6.01. The summed E-state index contributed by atoms with van der Waals surface area (Å²) in [5.41, 5.74) is 3.95. The third-order valence-corrected chi connectivity index (χ3v) is 3.48. The number of allylic oxidation sites excluding steroid dienone is 1. The van der Waals surface area contributed by atoms with Gasteiger partial charge in [0.05, 0.1) is 18.2 Å². The van der Waals surface area contributed by atoms with Crippen molar-refractivity contribution in [1.29, 1.82) is 0 Å². The highest BCUT2D eigenvalue weighted by Crippen LogP contribution is 2.25. The maximum atomic E-state index is 12.1. The van der Waals surface area contributed by atoms with E-state index in [9.17, 15) is 14.9 Å². The highest BCUT2D eigenvalue weighted by Gasteiger charge is 2.25. The van der Waals surface area contributed by atoms with Crippen molar-refractivity contribution in [3.8, 4) is 5.88 Å². The first kappa shape index (κ1) is 18.8. The molecule has 1 heterocycles. The minimum atomic E-state index is -0.798. The molecule has 0 aliphatic carbocycles. The van der Waals surface area contributed by atoms with Crippen LogP contribution in [0.1, 0.15) is 25.5 Å². The Morgan fingerprint density at radius 1 is 1.42 bits per heavy atom. The second kappa shape index (κ2) is 8.56. The lowest BCUT2D eigenvalue weighted by atomic mass is 10.1. The number of carbonyl (C=O) groups is 1. The lowest BCUT2D eigenvalue weighted by Gasteiger charge is -2.09. The summed E-state index contributed by atoms with van der Waals surface area (Å²) in [5.74, 6) is -0.617. The van der Waals surface area contributed by atoms with Crippen molar-refractivity contribution >= 4 is 23.9 Å². The average Bonchev–Trinajstić information content (AvgIpc) is 3.06. The van der Waals surface area contributed by atoms with Gasteiger partial charge < -0.3 is 4.74 Å². The molecule has 1 aromatic carbocycles. The summed E-state index contributed by atoms with van der Waals surface area (Å²) in [4.78, 5) is 22.4. The van der Waals surface area contributed by atoms with E-state index in [1.54, 1.807) is 6.92 Å². The number of hydrogen-bond donors (Lipinski definition) is 1. The van der Waals surface area contributed by atoms with Crippen LogP contribution in [0.15, 0.2) is 47.2 Å². The van der Waals surface area contributed by atoms with E-state index in [1.807, 2.05) is 43.3 Å². The summed E-state index contributed by atoms with van der Waals surface area (Å²) in [6.45, 7) is 3.40. The van der Waals surface area contributed by atoms with E-state index in [0.717, 1.165) is 22.0 Å². The molecule has 0 aliphatic heterocycles. The summed E-state index contributed by atoms with van der Waals surface area (Å²) in [5, 5.41) is 18.7. The van der Waals surface area contributed by atoms with Gasteiger partial charge in [-0.1, -0.05) is 36.4 Å². The Kier molecular flexibility index (Phi) is 6.20. The predicted molar refractivity (Wildman–Crippen MR) is 96.9 cm³/mol. The molecule has 0 unspecified atom stereocenters. The molecule has 1 aromatic heterocycles. The van der Waals surface area contributed by atoms with Gasteiger partial charge in [0.1, 0.15) is 12.2 Å². The molecule has 2 aromatic rings. The van der Waals surface area contributed by atoms with Crippen LogP contribution in [0.25, 0.3) is 6.08 Å². The van der Waals surface area contributed by atoms with Gasteiger partial charge in [0.25, 0.3) is 5.91 Å². The van der Waals surface area contributed by atoms with Gasteiger partial charge in [0.15, 0.2) is 0 Å². The highest BCUT2D eigenvalue weighted by molar-refractivity contribution is 5.86. The second-order valence-corrected chi connectivity index (χ2v) is 5.47. The Morgan fingerprint density at radius 2 is 2.12 bits per heavy atom. The van der Waals surface area contributed by atoms with Gasteiger partial charge in [-0.25, -0.2) is 10.1 Å². The Morgan fingerprint density at radius 3 is 2.69 bits per heavy atom. The summed E-state index contributed by atoms with van der Waals surface area (Å²) in [7, 11) is 1.27. The molecular weight excluding hydrogens is 338 g/mol. The van der Waals surface area contributed by atoms with E-state index in [-0.39, 0.29) is 11.6 Å². The van der Waals surface area contributed by atoms with Crippen LogP contribution < -0.4 is 10.2 Å². The minimum absolute atomic E-state index is 0.153. The molecule has 1 atom stereocenters. The van der Waals surface area contributed by atoms with Crippen molar-refractivity contribution in [2.24, 2.45) is 5.10 Å². The summed E-state index contributed by atoms with van der Waals surface area (Å²) in [6.07, 6.45) is 4.58. The summed E-state index contributed by atoms with van der Waals surface area (Å²) >= 11 is 0. The molecule has 9 heteroatoms. The molecule has 0 saturated heterocycles. The maximum Gasteiger partial charge on any atom is 0.350 e. The number of amides is 1. The number of aromatic nitrogens is 2. The molecule has 26 heavy (non-hydrogen) atoms. The average molecular weight is 357 g/mol. The maximum absolute atomic E-state index is 12.1. The molecule has 0 fully saturated rings. The van der Waals surface area contributed by atoms with Crippen molar-refractivity contribution < 1.29 is 14.5 Å². The third-order valence-electron chi connectivity index (χ3n) is 3.48. The number of nitrogens with one attached hydrogen (secondary N) is 1. The van der Waals surface area contributed by atoms with Crippen molar-refractivity contribution in [3.63, 3.8) is 0 Å². The first-order valence-electron chi connectivity index (χ1n) is 7.76. The molecule has 0 aliphatic rings. The number of methoxy groups -OCH3 is 1. The number of rotatable bonds is 7. The van der Waals surface area contributed by atoms with Crippen LogP contribution in [0, 0.1) is 10.1 Å². The number of nitrogens with zero attached hydrogens (tertiary/aromatic N) is 4. The zero-order chi connectivity index (χ0) is 19.1. The minimum Gasteiger partial charge on any atom is -0.475 e. The number of benzene rings is 1. The molecule has 1 amide bonds. The zero-order valence-corrected chi connectivity index (χ0v) is 14.6. The lowest BCUT2D eigenvalue weighted by Crippen LogP contribution is -2.27. The van der Waals surface area contributed by atoms with Gasteiger partial charge in [0, 0.05) is 0 Å². The normalized spacial score (nSPS) is 12.8. The van der Waals surface area contributed by atoms with Gasteiger partial charge in [-0.3, -0.25) is 14.9 Å². The number of carbonyl (C=O) groups excluding carboxylic acids is 1. The van der Waals surface area contributed by atoms with E-state index in [4.69, 9.17) is 4.74 Å². The molecule has 9 nitrogen and oxygen atoms in total. The van der Waals surface area contributed by atoms with Gasteiger partial charge in [-0.2, -0.15) is 5.10 Å². The number of nitro groups is 1. The molecule has 0 bridgehead atoms. The van der Waals surface area contributed by atoms with Gasteiger partial charge in [-0.05, 0) is 25.0 Å². The first-order chi connectivity index (χ1) is 12.4. The van der Waals surface area contributed by atoms with E-state index in [0.29, 0.717) is 0 Å². The molecule has 0 spiro atoms. The van der Waals surface area contributed by atoms with E-state index in [2.05, 4.69) is 15.6 Å². The van der Waals surface area contributed by atoms with Gasteiger partial charge in [-0.15, -0.1) is 5.10 Å². The van der Waals surface area contributed by atoms with Crippen molar-refractivity contribution in [1.82, 2.24) is 15.2 Å². The largest absolute Gasteiger partial charge is 0.475 e. The number of hydrogen-bond acceptors (Lipinski definition) is 6. The fraction of sp³-hybridized carbons (Fsp3) is 0.235. The van der Waals surface area contributed by atoms with Crippen LogP contribution in [0.3, 0.4) is 0 Å². The first-order valence-corrected chi connectivity index (χ1v) is 7.76. The quantitative estimate of drug-likeness (QED) is 0.465. The summed E-state index contributed by atoms with van der Waals surface area (Å²) in [6, 6.07) is 8.89. The number of ether oxygens (including phenoxy) is 1. The smallest absolute Gasteiger partial charge is 0.350 e. The molecule has 136 valence electrons. The molecule has 0 saturated carbocycles. The predicted octanol–water partition coefficient (Wildman–Crippen LogP) is 2.57. The second-order valence-electron chi connectivity index (χ2n) is 5.47. The van der Waals surface area contributed by atoms with Crippen LogP contribution in [0.5, 0.6) is 5.88 Å². The van der Waals surface area contributed by atoms with Crippen molar-refractivity contribution in [3.05, 3.63) is 57.8 Å². The highest BCUT2D eigenvalue weighted by atomic mass is 16.6. The van der Waals surface area contributed by atoms with E-state index < -0.39 is 16.9 Å². The van der Waals surface area contributed by atoms with Crippen LogP contribution in [0.4, 0.5) is 5.69 Å². The Balaban J connectivity index is 2.01. The Labute approximate surface area is 150 Å². The zero-order valence-electron chi connectivity index (χ0n) is 14.6. The van der Waals surface area contributed by atoms with Crippen LogP contribution in [0.2, 0.25) is 0 Å². The fourth-order valence-electron chi connectivity index (χ4n) is 2.10. The molecule has 2 rings (SSSR count). The van der Waals surface area contributed by atoms with Gasteiger partial charge in [0.2, 0.25) is 0 Å². The number of hydrazone groups is 1. The monoisotopic (exact) mass is 357 g/mol. The standard InChI is InChI=1S/C17H19N5O4/c1-12(9-14-7-5-4-6-8-14)10-18-19-16(23)13(2)21-11-15(22(24)25)17(20-21)26-3/h4-11,13H,1-3H3,(H,19,23)/b12-9-,18-10?/t13-/m0/s1. The van der Waals surface area contributed by atoms with Crippen LogP contribution in [-0.2, 0) is 4.79 Å². The topological polar surface area (TPSA) is 112 Å². The Bertz CT molecular complexity index is 842. The lowest BCUT2D eigenvalue weighted by molar-refractivity contribution is -0.385. The van der Waals surface area contributed by atoms with Crippen LogP contribution in [-0.4, -0.2) is 33.9 Å². The third kappa shape index (κ3) is 4.76. The van der Waals surface area contributed by atoms with Gasteiger partial charge >= 0.3 is 11.6 Å². The van der Waals surface area contributed by atoms with E-state index >= 15 is 0 Å². The molecule has 1 N–H and O–H groups in total. The Hall–Kier alpha value is -3.49. The molecular formula is C17H19N5O4. The van der Waals surface area contributed by atoms with Crippen molar-refractivity contribution in [2.75, 3.05) is 7.11 Å². The van der Waals surface area contributed by atoms with Crippen molar-refractivity contribution in [2.45, 2.75) is 19.9 Å². The van der Waals surface area contributed by atoms with E-state index in [1.165, 1.54) is 13.3 Å². The fourth-order valence-corrected chi connectivity index (χ4v) is 2.10. The van der Waals surface area contributed by atoms with Crippen LogP contribution >= 0.6 is 0 Å².